The summed E-state index contributed by atoms with van der Waals surface area (Å²) in [5, 5.41) is 21.5. The third-order valence-corrected chi connectivity index (χ3v) is 4.04. The van der Waals surface area contributed by atoms with Crippen LogP contribution in [0.2, 0.25) is 0 Å². The van der Waals surface area contributed by atoms with Crippen molar-refractivity contribution < 1.29 is 15.0 Å². The number of pyridine rings is 1. The number of carboxylic acids is 1. The Morgan fingerprint density at radius 1 is 1.28 bits per heavy atom. The number of carbonyl (C=O) groups is 1. The summed E-state index contributed by atoms with van der Waals surface area (Å²) in [5.74, 6) is 0.942. The first-order valence-corrected chi connectivity index (χ1v) is 8.31. The second-order valence-electron chi connectivity index (χ2n) is 5.94. The zero-order valence-electron chi connectivity index (χ0n) is 13.8. The molecule has 0 bridgehead atoms. The molecule has 0 aromatic carbocycles. The van der Waals surface area contributed by atoms with Crippen molar-refractivity contribution in [2.24, 2.45) is 0 Å². The lowest BCUT2D eigenvalue weighted by Gasteiger charge is -2.30. The van der Waals surface area contributed by atoms with E-state index >= 15 is 0 Å². The number of aliphatic hydroxyl groups is 1. The SMILES string of the molecule is O=C(O)CCNc1cc(N2CCC(O)CC2)nc(-c2ccccn2)n1. The highest BCUT2D eigenvalue weighted by Crippen LogP contribution is 2.24. The Kier molecular flexibility index (Phi) is 5.39. The number of nitrogens with one attached hydrogen (secondary N) is 1. The minimum absolute atomic E-state index is 0.00810. The molecule has 3 rings (SSSR count). The summed E-state index contributed by atoms with van der Waals surface area (Å²) in [6.45, 7) is 1.72. The van der Waals surface area contributed by atoms with Gasteiger partial charge in [0.05, 0.1) is 12.5 Å². The van der Waals surface area contributed by atoms with E-state index in [9.17, 15) is 9.90 Å². The predicted molar refractivity (Wildman–Crippen MR) is 93.5 cm³/mol. The van der Waals surface area contributed by atoms with Gasteiger partial charge in [-0.15, -0.1) is 0 Å². The first-order valence-electron chi connectivity index (χ1n) is 8.31. The van der Waals surface area contributed by atoms with Crippen LogP contribution in [0.3, 0.4) is 0 Å². The van der Waals surface area contributed by atoms with E-state index in [-0.39, 0.29) is 19.1 Å². The van der Waals surface area contributed by atoms with Crippen LogP contribution in [0.4, 0.5) is 11.6 Å². The number of rotatable bonds is 6. The molecule has 0 unspecified atom stereocenters. The molecule has 3 N–H and O–H groups in total. The largest absolute Gasteiger partial charge is 0.481 e. The Hall–Kier alpha value is -2.74. The van der Waals surface area contributed by atoms with Crippen molar-refractivity contribution >= 4 is 17.6 Å². The van der Waals surface area contributed by atoms with Crippen molar-refractivity contribution in [3.8, 4) is 11.5 Å². The van der Waals surface area contributed by atoms with E-state index in [1.165, 1.54) is 0 Å². The molecule has 8 heteroatoms. The van der Waals surface area contributed by atoms with Gasteiger partial charge in [0, 0.05) is 31.9 Å². The van der Waals surface area contributed by atoms with E-state index in [1.807, 2.05) is 24.3 Å². The van der Waals surface area contributed by atoms with Crippen LogP contribution in [0.5, 0.6) is 0 Å². The molecule has 2 aromatic heterocycles. The molecule has 1 aliphatic rings. The minimum atomic E-state index is -0.864. The van der Waals surface area contributed by atoms with Crippen LogP contribution in [0.1, 0.15) is 19.3 Å². The normalized spacial score (nSPS) is 15.2. The molecule has 1 saturated heterocycles. The van der Waals surface area contributed by atoms with Gasteiger partial charge in [-0.25, -0.2) is 9.97 Å². The van der Waals surface area contributed by atoms with Gasteiger partial charge in [0.1, 0.15) is 17.3 Å². The summed E-state index contributed by atoms with van der Waals surface area (Å²) in [6, 6.07) is 7.34. The van der Waals surface area contributed by atoms with Gasteiger partial charge in [-0.3, -0.25) is 9.78 Å². The number of aromatic nitrogens is 3. The lowest BCUT2D eigenvalue weighted by Crippen LogP contribution is -2.36. The van der Waals surface area contributed by atoms with Crippen molar-refractivity contribution in [3.63, 3.8) is 0 Å². The molecule has 0 aliphatic carbocycles. The zero-order chi connectivity index (χ0) is 17.6. The third-order valence-electron chi connectivity index (χ3n) is 4.04. The number of nitrogens with zero attached hydrogens (tertiary/aromatic N) is 4. The molecule has 0 radical (unpaired) electrons. The standard InChI is InChI=1S/C17H21N5O3/c23-12-5-9-22(10-6-12)15-11-14(19-8-4-16(24)25)20-17(21-15)13-3-1-2-7-18-13/h1-3,7,11-12,23H,4-6,8-10H2,(H,24,25)(H,19,20,21). The molecule has 2 aromatic rings. The van der Waals surface area contributed by atoms with E-state index in [1.54, 1.807) is 6.20 Å². The van der Waals surface area contributed by atoms with Crippen LogP contribution < -0.4 is 10.2 Å². The summed E-state index contributed by atoms with van der Waals surface area (Å²) in [5.41, 5.74) is 0.655. The lowest BCUT2D eigenvalue weighted by atomic mass is 10.1. The molecule has 25 heavy (non-hydrogen) atoms. The van der Waals surface area contributed by atoms with Gasteiger partial charge in [0.15, 0.2) is 5.82 Å². The van der Waals surface area contributed by atoms with Crippen LogP contribution in [-0.2, 0) is 4.79 Å². The molecule has 0 spiro atoms. The van der Waals surface area contributed by atoms with Crippen LogP contribution in [0, 0.1) is 0 Å². The van der Waals surface area contributed by atoms with Crippen molar-refractivity contribution in [1.82, 2.24) is 15.0 Å². The second-order valence-corrected chi connectivity index (χ2v) is 5.94. The number of hydrogen-bond donors (Lipinski definition) is 3. The summed E-state index contributed by atoms with van der Waals surface area (Å²) in [6.07, 6.45) is 2.82. The summed E-state index contributed by atoms with van der Waals surface area (Å²) >= 11 is 0. The first-order chi connectivity index (χ1) is 12.1. The number of anilines is 2. The highest BCUT2D eigenvalue weighted by molar-refractivity contribution is 5.67. The molecule has 8 nitrogen and oxygen atoms in total. The molecule has 1 fully saturated rings. The van der Waals surface area contributed by atoms with Gasteiger partial charge >= 0.3 is 5.97 Å². The summed E-state index contributed by atoms with van der Waals surface area (Å²) in [4.78, 5) is 26.2. The Labute approximate surface area is 145 Å². The van der Waals surface area contributed by atoms with Crippen molar-refractivity contribution in [2.75, 3.05) is 29.9 Å². The summed E-state index contributed by atoms with van der Waals surface area (Å²) < 4.78 is 0. The second kappa shape index (κ2) is 7.89. The van der Waals surface area contributed by atoms with Gasteiger partial charge in [0.2, 0.25) is 0 Å². The molecule has 1 aliphatic heterocycles. The van der Waals surface area contributed by atoms with E-state index in [0.29, 0.717) is 43.3 Å². The Bertz CT molecular complexity index is 717. The molecule has 132 valence electrons. The fourth-order valence-corrected chi connectivity index (χ4v) is 2.69. The highest BCUT2D eigenvalue weighted by atomic mass is 16.4. The molecule has 0 saturated carbocycles. The number of hydrogen-bond acceptors (Lipinski definition) is 7. The smallest absolute Gasteiger partial charge is 0.305 e. The van der Waals surface area contributed by atoms with Gasteiger partial charge in [-0.1, -0.05) is 6.07 Å². The van der Waals surface area contributed by atoms with Crippen LogP contribution >= 0.6 is 0 Å². The van der Waals surface area contributed by atoms with Gasteiger partial charge in [-0.05, 0) is 25.0 Å². The molecular formula is C17H21N5O3. The maximum atomic E-state index is 10.7. The first kappa shape index (κ1) is 17.1. The predicted octanol–water partition coefficient (Wildman–Crippen LogP) is 1.39. The Morgan fingerprint density at radius 2 is 2.08 bits per heavy atom. The van der Waals surface area contributed by atoms with Crippen LogP contribution in [0.25, 0.3) is 11.5 Å². The van der Waals surface area contributed by atoms with Crippen LogP contribution in [0.15, 0.2) is 30.5 Å². The fourth-order valence-electron chi connectivity index (χ4n) is 2.69. The number of aliphatic hydroxyl groups excluding tert-OH is 1. The minimum Gasteiger partial charge on any atom is -0.481 e. The van der Waals surface area contributed by atoms with Gasteiger partial charge < -0.3 is 20.4 Å². The maximum Gasteiger partial charge on any atom is 0.305 e. The summed E-state index contributed by atoms with van der Waals surface area (Å²) in [7, 11) is 0. The quantitative estimate of drug-likeness (QED) is 0.721. The van der Waals surface area contributed by atoms with Crippen molar-refractivity contribution in [1.29, 1.82) is 0 Å². The number of aliphatic carboxylic acids is 1. The third kappa shape index (κ3) is 4.63. The average molecular weight is 343 g/mol. The van der Waals surface area contributed by atoms with Crippen molar-refractivity contribution in [3.05, 3.63) is 30.5 Å². The molecule has 0 atom stereocenters. The Balaban J connectivity index is 1.86. The van der Waals surface area contributed by atoms with Gasteiger partial charge in [0.25, 0.3) is 0 Å². The molecular weight excluding hydrogens is 322 g/mol. The number of carboxylic acid groups (broad SMARTS) is 1. The monoisotopic (exact) mass is 343 g/mol. The highest BCUT2D eigenvalue weighted by Gasteiger charge is 2.20. The van der Waals surface area contributed by atoms with E-state index in [0.717, 1.165) is 5.82 Å². The zero-order valence-corrected chi connectivity index (χ0v) is 13.8. The van der Waals surface area contributed by atoms with Crippen molar-refractivity contribution in [2.45, 2.75) is 25.4 Å². The molecule has 0 amide bonds. The molecule has 3 heterocycles. The van der Waals surface area contributed by atoms with Gasteiger partial charge in [-0.2, -0.15) is 0 Å². The van der Waals surface area contributed by atoms with E-state index in [2.05, 4.69) is 25.2 Å². The van der Waals surface area contributed by atoms with E-state index in [4.69, 9.17) is 5.11 Å². The average Bonchev–Trinajstić information content (AvgIpc) is 2.62. The maximum absolute atomic E-state index is 10.7. The van der Waals surface area contributed by atoms with Crippen LogP contribution in [-0.4, -0.2) is 56.9 Å². The Morgan fingerprint density at radius 3 is 2.76 bits per heavy atom. The fraction of sp³-hybridized carbons (Fsp3) is 0.412. The number of piperidine rings is 1. The van der Waals surface area contributed by atoms with E-state index < -0.39 is 5.97 Å². The topological polar surface area (TPSA) is 111 Å². The lowest BCUT2D eigenvalue weighted by molar-refractivity contribution is -0.136.